The highest BCUT2D eigenvalue weighted by atomic mass is 16.5. The number of phenolic OH excluding ortho intramolecular Hbond substituents is 2. The summed E-state index contributed by atoms with van der Waals surface area (Å²) in [6.07, 6.45) is 2.57. The van der Waals surface area contributed by atoms with Crippen LogP contribution in [-0.4, -0.2) is 36.0 Å². The first-order valence-electron chi connectivity index (χ1n) is 8.30. The number of fused-ring (bicyclic) bond motifs is 2. The highest BCUT2D eigenvalue weighted by Gasteiger charge is 2.22. The number of ether oxygens (including phenoxy) is 2. The van der Waals surface area contributed by atoms with Crippen molar-refractivity contribution in [1.29, 1.82) is 0 Å². The molecule has 2 aliphatic carbocycles. The second kappa shape index (κ2) is 7.07. The summed E-state index contributed by atoms with van der Waals surface area (Å²) < 4.78 is 10.3. The van der Waals surface area contributed by atoms with Gasteiger partial charge >= 0.3 is 0 Å². The number of Topliss-reactive ketones (excluding diaryl/α,β-unsaturated/α-hetero) is 2. The lowest BCUT2D eigenvalue weighted by molar-refractivity contribution is 0.0986. The number of methoxy groups -OCH3 is 2. The third-order valence-electron chi connectivity index (χ3n) is 4.65. The number of rotatable bonds is 2. The SMILES string of the molecule is COc1cc2c(cc1OC)C(=O)CC2.O=C1CCc2cc(O)c(O)cc21. The summed E-state index contributed by atoms with van der Waals surface area (Å²) in [4.78, 5) is 22.6. The molecule has 0 amide bonds. The summed E-state index contributed by atoms with van der Waals surface area (Å²) >= 11 is 0. The van der Waals surface area contributed by atoms with E-state index >= 15 is 0 Å². The van der Waals surface area contributed by atoms with Gasteiger partial charge in [0.05, 0.1) is 14.2 Å². The number of hydrogen-bond acceptors (Lipinski definition) is 6. The molecule has 2 aromatic rings. The molecule has 4 rings (SSSR count). The maximum atomic E-state index is 11.4. The smallest absolute Gasteiger partial charge is 0.163 e. The maximum absolute atomic E-state index is 11.4. The van der Waals surface area contributed by atoms with Crippen LogP contribution in [0.1, 0.15) is 44.7 Å². The van der Waals surface area contributed by atoms with Crippen LogP contribution in [0, 0.1) is 0 Å². The van der Waals surface area contributed by atoms with Crippen molar-refractivity contribution in [3.05, 3.63) is 46.5 Å². The van der Waals surface area contributed by atoms with Crippen LogP contribution in [0.15, 0.2) is 24.3 Å². The molecule has 0 aromatic heterocycles. The molecule has 0 radical (unpaired) electrons. The van der Waals surface area contributed by atoms with Crippen LogP contribution in [-0.2, 0) is 12.8 Å². The molecular formula is C20H20O6. The number of benzene rings is 2. The van der Waals surface area contributed by atoms with Crippen LogP contribution in [0.5, 0.6) is 23.0 Å². The van der Waals surface area contributed by atoms with Gasteiger partial charge in [-0.05, 0) is 48.2 Å². The molecule has 0 heterocycles. The molecule has 2 N–H and O–H groups in total. The Morgan fingerprint density at radius 1 is 0.692 bits per heavy atom. The average Bonchev–Trinajstić information content (AvgIpc) is 3.18. The third kappa shape index (κ3) is 3.22. The Labute approximate surface area is 151 Å². The molecular weight excluding hydrogens is 336 g/mol. The van der Waals surface area contributed by atoms with Gasteiger partial charge in [0.15, 0.2) is 34.6 Å². The Morgan fingerprint density at radius 3 is 1.73 bits per heavy atom. The third-order valence-corrected chi connectivity index (χ3v) is 4.65. The zero-order valence-corrected chi connectivity index (χ0v) is 14.7. The fourth-order valence-electron chi connectivity index (χ4n) is 3.24. The second-order valence-electron chi connectivity index (χ2n) is 6.21. The molecule has 0 saturated heterocycles. The molecule has 0 unspecified atom stereocenters. The fourth-order valence-corrected chi connectivity index (χ4v) is 3.24. The van der Waals surface area contributed by atoms with Crippen LogP contribution in [0.25, 0.3) is 0 Å². The van der Waals surface area contributed by atoms with Crippen molar-refractivity contribution in [2.75, 3.05) is 14.2 Å². The van der Waals surface area contributed by atoms with E-state index in [4.69, 9.17) is 19.7 Å². The highest BCUT2D eigenvalue weighted by Crippen LogP contribution is 2.34. The number of aromatic hydroxyl groups is 2. The molecule has 0 atom stereocenters. The van der Waals surface area contributed by atoms with Crippen molar-refractivity contribution >= 4 is 11.6 Å². The normalized spacial score (nSPS) is 14.4. The lowest BCUT2D eigenvalue weighted by Gasteiger charge is -2.09. The first kappa shape index (κ1) is 17.8. The summed E-state index contributed by atoms with van der Waals surface area (Å²) in [5, 5.41) is 18.2. The van der Waals surface area contributed by atoms with Gasteiger partial charge in [0.1, 0.15) is 0 Å². The van der Waals surface area contributed by atoms with Crippen molar-refractivity contribution < 1.29 is 29.3 Å². The van der Waals surface area contributed by atoms with Crippen LogP contribution in [0.2, 0.25) is 0 Å². The Kier molecular flexibility index (Phi) is 4.84. The summed E-state index contributed by atoms with van der Waals surface area (Å²) in [5.74, 6) is 1.19. The molecule has 0 bridgehead atoms. The number of ketones is 2. The van der Waals surface area contributed by atoms with E-state index in [1.807, 2.05) is 6.07 Å². The highest BCUT2D eigenvalue weighted by molar-refractivity contribution is 6.01. The molecule has 2 aliphatic rings. The van der Waals surface area contributed by atoms with E-state index in [0.717, 1.165) is 23.1 Å². The number of carbonyl (C=O) groups is 2. The zero-order valence-electron chi connectivity index (χ0n) is 14.7. The molecule has 2 aromatic carbocycles. The van der Waals surface area contributed by atoms with Crippen LogP contribution in [0.3, 0.4) is 0 Å². The standard InChI is InChI=1S/C11H12O3.C9H8O3/c1-13-10-5-7-3-4-9(12)8(7)6-11(10)14-2;10-7-2-1-5-3-8(11)9(12)4-6(5)7/h5-6H,3-4H2,1-2H3;3-4,11-12H,1-2H2. The van der Waals surface area contributed by atoms with Gasteiger partial charge in [0.2, 0.25) is 0 Å². The Hall–Kier alpha value is -3.02. The Bertz CT molecular complexity index is 884. The summed E-state index contributed by atoms with van der Waals surface area (Å²) in [7, 11) is 3.17. The molecule has 6 nitrogen and oxygen atoms in total. The summed E-state index contributed by atoms with van der Waals surface area (Å²) in [5.41, 5.74) is 3.22. The van der Waals surface area contributed by atoms with Crippen molar-refractivity contribution in [3.63, 3.8) is 0 Å². The van der Waals surface area contributed by atoms with E-state index in [-0.39, 0.29) is 23.1 Å². The summed E-state index contributed by atoms with van der Waals surface area (Å²) in [6.45, 7) is 0. The van der Waals surface area contributed by atoms with Crippen molar-refractivity contribution in [3.8, 4) is 23.0 Å². The van der Waals surface area contributed by atoms with Gasteiger partial charge in [-0.3, -0.25) is 9.59 Å². The van der Waals surface area contributed by atoms with Crippen molar-refractivity contribution in [2.24, 2.45) is 0 Å². The van der Waals surface area contributed by atoms with E-state index in [1.165, 1.54) is 12.1 Å². The fraction of sp³-hybridized carbons (Fsp3) is 0.300. The molecule has 0 spiro atoms. The second-order valence-corrected chi connectivity index (χ2v) is 6.21. The van der Waals surface area contributed by atoms with Crippen LogP contribution >= 0.6 is 0 Å². The Balaban J connectivity index is 0.000000152. The van der Waals surface area contributed by atoms with Gasteiger partial charge in [-0.25, -0.2) is 0 Å². The van der Waals surface area contributed by atoms with E-state index in [0.29, 0.717) is 36.3 Å². The number of carbonyl (C=O) groups excluding carboxylic acids is 2. The van der Waals surface area contributed by atoms with Crippen LogP contribution in [0.4, 0.5) is 0 Å². The van der Waals surface area contributed by atoms with E-state index in [1.54, 1.807) is 20.3 Å². The number of aryl methyl sites for hydroxylation is 2. The van der Waals surface area contributed by atoms with Crippen molar-refractivity contribution in [2.45, 2.75) is 25.7 Å². The quantitative estimate of drug-likeness (QED) is 0.804. The topological polar surface area (TPSA) is 93.1 Å². The van der Waals surface area contributed by atoms with Crippen molar-refractivity contribution in [1.82, 2.24) is 0 Å². The van der Waals surface area contributed by atoms with E-state index in [9.17, 15) is 9.59 Å². The monoisotopic (exact) mass is 356 g/mol. The number of hydrogen-bond donors (Lipinski definition) is 2. The zero-order chi connectivity index (χ0) is 18.8. The molecule has 6 heteroatoms. The lowest BCUT2D eigenvalue weighted by Crippen LogP contribution is -1.96. The molecule has 136 valence electrons. The maximum Gasteiger partial charge on any atom is 0.163 e. The largest absolute Gasteiger partial charge is 0.504 e. The minimum absolute atomic E-state index is 0.0419. The minimum Gasteiger partial charge on any atom is -0.504 e. The van der Waals surface area contributed by atoms with Gasteiger partial charge in [-0.15, -0.1) is 0 Å². The predicted octanol–water partition coefficient (Wildman–Crippen LogP) is 3.06. The lowest BCUT2D eigenvalue weighted by atomic mass is 10.1. The first-order valence-corrected chi connectivity index (χ1v) is 8.30. The average molecular weight is 356 g/mol. The molecule has 26 heavy (non-hydrogen) atoms. The van der Waals surface area contributed by atoms with E-state index in [2.05, 4.69) is 0 Å². The Morgan fingerprint density at radius 2 is 1.15 bits per heavy atom. The van der Waals surface area contributed by atoms with Gasteiger partial charge < -0.3 is 19.7 Å². The minimum atomic E-state index is -0.219. The molecule has 0 saturated carbocycles. The van der Waals surface area contributed by atoms with Gasteiger partial charge in [-0.1, -0.05) is 0 Å². The number of phenols is 2. The van der Waals surface area contributed by atoms with Crippen LogP contribution < -0.4 is 9.47 Å². The molecule has 0 aliphatic heterocycles. The predicted molar refractivity (Wildman–Crippen MR) is 94.6 cm³/mol. The van der Waals surface area contributed by atoms with Gasteiger partial charge in [0.25, 0.3) is 0 Å². The molecule has 0 fully saturated rings. The van der Waals surface area contributed by atoms with E-state index < -0.39 is 0 Å². The first-order chi connectivity index (χ1) is 12.4. The summed E-state index contributed by atoms with van der Waals surface area (Å²) in [6, 6.07) is 6.44. The van der Waals surface area contributed by atoms with Gasteiger partial charge in [0, 0.05) is 24.0 Å². The van der Waals surface area contributed by atoms with Gasteiger partial charge in [-0.2, -0.15) is 0 Å².